The van der Waals surface area contributed by atoms with Gasteiger partial charge in [0.1, 0.15) is 23.9 Å². The number of aromatic hydroxyl groups is 1. The fourth-order valence-electron chi connectivity index (χ4n) is 6.76. The molecule has 65 heavy (non-hydrogen) atoms. The number of primary amides is 1. The molecule has 0 spiro atoms. The van der Waals surface area contributed by atoms with Crippen LogP contribution in [0.25, 0.3) is 0 Å². The first-order chi connectivity index (χ1) is 30.8. The van der Waals surface area contributed by atoms with Gasteiger partial charge in [-0.15, -0.1) is 0 Å². The molecule has 6 atom stereocenters. The van der Waals surface area contributed by atoms with E-state index in [1.165, 1.54) is 29.6 Å². The van der Waals surface area contributed by atoms with Crippen LogP contribution < -0.4 is 38.1 Å². The minimum Gasteiger partial charge on any atom is -0.508 e. The summed E-state index contributed by atoms with van der Waals surface area (Å²) in [4.78, 5) is 101. The first kappa shape index (κ1) is 53.3. The van der Waals surface area contributed by atoms with Gasteiger partial charge in [0.15, 0.2) is 0 Å². The van der Waals surface area contributed by atoms with Gasteiger partial charge in [-0.05, 0) is 66.4 Å². The molecule has 19 nitrogen and oxygen atoms in total. The highest BCUT2D eigenvalue weighted by Gasteiger charge is 2.39. The lowest BCUT2D eigenvalue weighted by Crippen LogP contribution is -2.61. The number of hydrogen-bond acceptors (Lipinski definition) is 12. The predicted octanol–water partition coefficient (Wildman–Crippen LogP) is 0.756. The van der Waals surface area contributed by atoms with Crippen molar-refractivity contribution in [3.63, 3.8) is 0 Å². The van der Waals surface area contributed by atoms with E-state index in [0.29, 0.717) is 30.7 Å². The van der Waals surface area contributed by atoms with Crippen LogP contribution in [0.1, 0.15) is 70.2 Å². The van der Waals surface area contributed by atoms with Crippen LogP contribution in [0, 0.1) is 5.41 Å². The number of hydrogen-bond donors (Lipinski definition) is 10. The van der Waals surface area contributed by atoms with E-state index in [4.69, 9.17) is 11.5 Å². The molecule has 0 bridgehead atoms. The summed E-state index contributed by atoms with van der Waals surface area (Å²) in [5.74, 6) is -4.63. The summed E-state index contributed by atoms with van der Waals surface area (Å²) in [7, 11) is 0. The summed E-state index contributed by atoms with van der Waals surface area (Å²) < 4.78 is 0. The van der Waals surface area contributed by atoms with Crippen molar-refractivity contribution >= 4 is 53.2 Å². The summed E-state index contributed by atoms with van der Waals surface area (Å²) in [6.45, 7) is 6.83. The van der Waals surface area contributed by atoms with Gasteiger partial charge >= 0.3 is 5.97 Å². The zero-order valence-electron chi connectivity index (χ0n) is 37.8. The number of benzene rings is 2. The summed E-state index contributed by atoms with van der Waals surface area (Å²) in [5, 5.41) is 33.3. The smallest absolute Gasteiger partial charge is 0.305 e. The van der Waals surface area contributed by atoms with E-state index in [0.717, 1.165) is 11.1 Å². The van der Waals surface area contributed by atoms with Crippen LogP contribution in [0.2, 0.25) is 0 Å². The van der Waals surface area contributed by atoms with Crippen LogP contribution in [0.3, 0.4) is 0 Å². The molecule has 0 radical (unpaired) electrons. The van der Waals surface area contributed by atoms with E-state index in [-0.39, 0.29) is 44.0 Å². The number of thioether (sulfide) groups is 1. The minimum atomic E-state index is -1.51. The highest BCUT2D eigenvalue weighted by atomic mass is 32.2. The molecule has 1 aromatic heterocycles. The van der Waals surface area contributed by atoms with Gasteiger partial charge in [0.25, 0.3) is 0 Å². The number of phenolic OH excluding ortho intramolecular Hbond substituents is 1. The van der Waals surface area contributed by atoms with E-state index < -0.39 is 90.1 Å². The Kier molecular flexibility index (Phi) is 21.9. The lowest BCUT2D eigenvalue weighted by atomic mass is 9.85. The first-order valence-corrected chi connectivity index (χ1v) is 23.0. The molecule has 0 saturated heterocycles. The predicted molar refractivity (Wildman–Crippen MR) is 247 cm³/mol. The molecule has 1 heterocycles. The molecule has 3 aromatic rings. The number of aliphatic carboxylic acids is 1. The van der Waals surface area contributed by atoms with E-state index in [1.807, 2.05) is 43.5 Å². The number of imidazole rings is 1. The van der Waals surface area contributed by atoms with Gasteiger partial charge < -0.3 is 58.1 Å². The number of nitrogens with two attached hydrogens (primary N) is 2. The molecule has 0 saturated carbocycles. The van der Waals surface area contributed by atoms with Crippen molar-refractivity contribution in [2.24, 2.45) is 16.9 Å². The van der Waals surface area contributed by atoms with Crippen molar-refractivity contribution in [3.05, 3.63) is 83.9 Å². The molecule has 3 rings (SSSR count). The molecule has 2 aromatic carbocycles. The number of nitrogens with zero attached hydrogens (tertiary/aromatic N) is 2. The largest absolute Gasteiger partial charge is 0.508 e. The van der Waals surface area contributed by atoms with Crippen LogP contribution in [0.4, 0.5) is 0 Å². The Balaban J connectivity index is 1.88. The Labute approximate surface area is 384 Å². The number of aromatic amines is 1. The molecule has 6 amide bonds. The fourth-order valence-corrected chi connectivity index (χ4v) is 7.28. The molecular weight excluding hydrogens is 857 g/mol. The molecule has 12 N–H and O–H groups in total. The number of amides is 6. The van der Waals surface area contributed by atoms with E-state index in [9.17, 15) is 43.8 Å². The normalized spacial score (nSPS) is 14.1. The van der Waals surface area contributed by atoms with Crippen LogP contribution in [-0.2, 0) is 52.8 Å². The van der Waals surface area contributed by atoms with E-state index in [2.05, 4.69) is 36.6 Å². The standard InChI is InChI=1S/C45H66N10O9S/c1-6-7-18-55(26-37(57)52-34(40(47)60)23-38(58)59)44(64)39(45(2,3)4)54-43(63)36(22-31-24-48-27-50-31)53-42(62)35(21-28-11-9-8-10-12-28)49-25-30(17-19-65-5)51-41(61)33(46)20-29-13-15-32(56)16-14-29/h8-16,24,27,30,33-36,39,49,56H,6-7,17-23,25-26,46H2,1-5H3,(H2,47,60)(H,48,50)(H,51,61)(H,52,57)(H,53,62)(H,54,63)(H,58,59)/t30-,33+,34+,35+,36+,39-/m1/s1. The number of phenols is 1. The number of unbranched alkanes of at least 4 members (excludes halogenated alkanes) is 1. The molecule has 356 valence electrons. The third kappa shape index (κ3) is 18.9. The summed E-state index contributed by atoms with van der Waals surface area (Å²) >= 11 is 1.60. The van der Waals surface area contributed by atoms with Gasteiger partial charge in [-0.25, -0.2) is 4.98 Å². The second-order valence-corrected chi connectivity index (χ2v) is 18.0. The molecule has 0 unspecified atom stereocenters. The number of aromatic nitrogens is 2. The Morgan fingerprint density at radius 3 is 2.09 bits per heavy atom. The average Bonchev–Trinajstić information content (AvgIpc) is 3.77. The summed E-state index contributed by atoms with van der Waals surface area (Å²) in [6.07, 6.45) is 6.27. The molecule has 20 heteroatoms. The molecule has 0 aliphatic heterocycles. The quantitative estimate of drug-likeness (QED) is 0.0482. The zero-order valence-corrected chi connectivity index (χ0v) is 38.6. The van der Waals surface area contributed by atoms with Gasteiger partial charge in [0.05, 0.1) is 31.4 Å². The molecular formula is C45H66N10O9S. The molecule has 0 aliphatic carbocycles. The Hall–Kier alpha value is -5.99. The van der Waals surface area contributed by atoms with Crippen LogP contribution in [0.5, 0.6) is 5.75 Å². The van der Waals surface area contributed by atoms with Crippen molar-refractivity contribution in [2.75, 3.05) is 31.6 Å². The lowest BCUT2D eigenvalue weighted by molar-refractivity contribution is -0.144. The van der Waals surface area contributed by atoms with Crippen LogP contribution in [-0.4, -0.2) is 134 Å². The van der Waals surface area contributed by atoms with Crippen LogP contribution >= 0.6 is 11.8 Å². The fraction of sp³-hybridized carbons (Fsp3) is 0.511. The topological polar surface area (TPSA) is 304 Å². The third-order valence-electron chi connectivity index (χ3n) is 10.5. The van der Waals surface area contributed by atoms with E-state index >= 15 is 0 Å². The number of H-pyrrole nitrogens is 1. The Bertz CT molecular complexity index is 2000. The second kappa shape index (κ2) is 26.7. The van der Waals surface area contributed by atoms with Gasteiger partial charge in [-0.1, -0.05) is 76.6 Å². The Morgan fingerprint density at radius 2 is 1.51 bits per heavy atom. The first-order valence-electron chi connectivity index (χ1n) is 21.6. The number of nitrogens with one attached hydrogen (secondary N) is 6. The third-order valence-corrected chi connectivity index (χ3v) is 11.1. The number of carbonyl (C=O) groups is 7. The van der Waals surface area contributed by atoms with Crippen molar-refractivity contribution in [1.82, 2.24) is 41.5 Å². The highest BCUT2D eigenvalue weighted by molar-refractivity contribution is 7.98. The van der Waals surface area contributed by atoms with Gasteiger partial charge in [0.2, 0.25) is 35.4 Å². The van der Waals surface area contributed by atoms with Gasteiger partial charge in [0, 0.05) is 37.4 Å². The van der Waals surface area contributed by atoms with Crippen LogP contribution in [0.15, 0.2) is 67.1 Å². The maximum absolute atomic E-state index is 14.4. The van der Waals surface area contributed by atoms with Crippen molar-refractivity contribution < 1.29 is 43.8 Å². The van der Waals surface area contributed by atoms with Crippen molar-refractivity contribution in [1.29, 1.82) is 0 Å². The average molecular weight is 923 g/mol. The van der Waals surface area contributed by atoms with E-state index in [1.54, 1.807) is 44.7 Å². The molecule has 0 aliphatic rings. The highest BCUT2D eigenvalue weighted by Crippen LogP contribution is 2.22. The maximum atomic E-state index is 14.4. The minimum absolute atomic E-state index is 0.0357. The number of carboxylic acid groups (broad SMARTS) is 1. The van der Waals surface area contributed by atoms with Gasteiger partial charge in [-0.2, -0.15) is 11.8 Å². The summed E-state index contributed by atoms with van der Waals surface area (Å²) in [6, 6.07) is 9.58. The second-order valence-electron chi connectivity index (χ2n) is 17.0. The maximum Gasteiger partial charge on any atom is 0.305 e. The Morgan fingerprint density at radius 1 is 0.846 bits per heavy atom. The molecule has 0 fully saturated rings. The summed E-state index contributed by atoms with van der Waals surface area (Å²) in [5.41, 5.74) is 12.8. The number of rotatable bonds is 28. The SMILES string of the molecule is CCCCN(CC(=O)N[C@@H](CC(=O)O)C(N)=O)C(=O)[C@@H](NC(=O)[C@H](Cc1cnc[nH]1)NC(=O)[C@H](Cc1ccccc1)NC[C@@H](CCSC)NC(=O)[C@@H](N)Cc1ccc(O)cc1)C(C)(C)C. The lowest BCUT2D eigenvalue weighted by Gasteiger charge is -2.36. The monoisotopic (exact) mass is 922 g/mol. The van der Waals surface area contributed by atoms with Crippen molar-refractivity contribution in [2.45, 2.75) is 109 Å². The number of carboxylic acids is 1. The van der Waals surface area contributed by atoms with Gasteiger partial charge in [-0.3, -0.25) is 33.6 Å². The zero-order chi connectivity index (χ0) is 48.1. The number of carbonyl (C=O) groups excluding carboxylic acids is 6. The van der Waals surface area contributed by atoms with Crippen molar-refractivity contribution in [3.8, 4) is 5.75 Å².